The van der Waals surface area contributed by atoms with Crippen molar-refractivity contribution in [2.45, 2.75) is 39.0 Å². The minimum absolute atomic E-state index is 0. The van der Waals surface area contributed by atoms with Crippen molar-refractivity contribution in [2.75, 3.05) is 6.61 Å². The van der Waals surface area contributed by atoms with E-state index in [4.69, 9.17) is 9.84 Å². The molecular formula is C20H22AlF6LiN2O3S2. The molecule has 0 aliphatic carbocycles. The summed E-state index contributed by atoms with van der Waals surface area (Å²) in [6.07, 6.45) is -8.64. The minimum Gasteiger partial charge on any atom is -1.00 e. The van der Waals surface area contributed by atoms with E-state index >= 15 is 0 Å². The molecule has 0 fully saturated rings. The van der Waals surface area contributed by atoms with Gasteiger partial charge < -0.3 is 20.4 Å². The first-order chi connectivity index (χ1) is 15.4. The smallest absolute Gasteiger partial charge is 1.00 e. The number of esters is 1. The van der Waals surface area contributed by atoms with Crippen molar-refractivity contribution in [3.05, 3.63) is 46.4 Å². The van der Waals surface area contributed by atoms with Crippen LogP contribution in [0.1, 0.15) is 24.5 Å². The molecule has 4 heterocycles. The van der Waals surface area contributed by atoms with E-state index in [0.29, 0.717) is 20.7 Å². The molecule has 0 bridgehead atoms. The molecule has 0 saturated heterocycles. The molecule has 4 aromatic heterocycles. The molecule has 0 spiro atoms. The van der Waals surface area contributed by atoms with Gasteiger partial charge >= 0.3 is 37.2 Å². The van der Waals surface area contributed by atoms with Crippen LogP contribution in [0.2, 0.25) is 0 Å². The van der Waals surface area contributed by atoms with Gasteiger partial charge in [0, 0.05) is 16.5 Å². The summed E-state index contributed by atoms with van der Waals surface area (Å²) in [5.74, 6) is -0.731. The monoisotopic (exact) mass is 550 g/mol. The molecule has 0 amide bonds. The number of nitrogens with zero attached hydrogens (tertiary/aromatic N) is 2. The zero-order valence-electron chi connectivity index (χ0n) is 19.0. The standard InChI is InChI=1S/C11H10F3NO2S.C9H8F3NOS.Al.Li.4H/c1-2-17-10(16)8-5-7-3-4-18-9(7)15(8)6-11(12,13)14;10-9(11,12)5-13-7(4-14)3-6-1-2-15-8(6)13;;;;;;/h3-5H,2,6H2,1H3;1-3,14H,4-5H2;;;;;;/q;;;+1;;;;-1. The number of aromatic nitrogens is 2. The number of hydrogen-bond donors (Lipinski definition) is 1. The Kier molecular flexibility index (Phi) is 11.5. The van der Waals surface area contributed by atoms with Crippen LogP contribution in [0.15, 0.2) is 35.0 Å². The number of thiophene rings is 2. The van der Waals surface area contributed by atoms with Gasteiger partial charge in [-0.15, -0.1) is 22.7 Å². The van der Waals surface area contributed by atoms with Crippen LogP contribution in [0, 0.1) is 0 Å². The van der Waals surface area contributed by atoms with E-state index in [9.17, 15) is 31.1 Å². The number of fused-ring (bicyclic) bond motifs is 2. The Labute approximate surface area is 228 Å². The topological polar surface area (TPSA) is 56.4 Å². The number of alkyl halides is 6. The number of hydrogen-bond acceptors (Lipinski definition) is 5. The van der Waals surface area contributed by atoms with Crippen molar-refractivity contribution in [1.82, 2.24) is 9.13 Å². The Balaban J connectivity index is 0.000000636. The Bertz CT molecular complexity index is 1250. The second-order valence-electron chi connectivity index (χ2n) is 6.81. The van der Waals surface area contributed by atoms with Gasteiger partial charge in [0.15, 0.2) is 17.4 Å². The van der Waals surface area contributed by atoms with Crippen molar-refractivity contribution >= 4 is 66.4 Å². The third kappa shape index (κ3) is 8.05. The zero-order chi connectivity index (χ0) is 24.4. The summed E-state index contributed by atoms with van der Waals surface area (Å²) >= 11 is 2.41. The number of halogens is 6. The van der Waals surface area contributed by atoms with E-state index in [0.717, 1.165) is 14.5 Å². The van der Waals surface area contributed by atoms with Crippen LogP contribution in [0.25, 0.3) is 20.4 Å². The Morgan fingerprint density at radius 1 is 0.971 bits per heavy atom. The third-order valence-electron chi connectivity index (χ3n) is 4.41. The van der Waals surface area contributed by atoms with Crippen LogP contribution in [0.4, 0.5) is 26.3 Å². The van der Waals surface area contributed by atoms with Crippen LogP contribution in [0.3, 0.4) is 0 Å². The van der Waals surface area contributed by atoms with Crippen molar-refractivity contribution in [3.8, 4) is 0 Å². The predicted octanol–water partition coefficient (Wildman–Crippen LogP) is 2.13. The number of rotatable bonds is 5. The molecule has 1 N–H and O–H groups in total. The zero-order valence-corrected chi connectivity index (χ0v) is 19.7. The molecular weight excluding hydrogens is 528 g/mol. The SMILES string of the molecule is CCOC(=O)c1cc2ccsc2n1CC(F)(F)F.OCc1cc2ccsc2n1CC(F)(F)F.[AlH3].[H-].[Li+]. The van der Waals surface area contributed by atoms with Gasteiger partial charge in [0.2, 0.25) is 0 Å². The molecule has 4 rings (SSSR count). The first-order valence-corrected chi connectivity index (χ1v) is 11.2. The summed E-state index contributed by atoms with van der Waals surface area (Å²) in [5, 5.41) is 13.7. The van der Waals surface area contributed by atoms with Crippen molar-refractivity contribution in [1.29, 1.82) is 0 Å². The second kappa shape index (κ2) is 12.7. The van der Waals surface area contributed by atoms with Gasteiger partial charge in [0.05, 0.1) is 13.2 Å². The second-order valence-corrected chi connectivity index (χ2v) is 8.60. The summed E-state index contributed by atoms with van der Waals surface area (Å²) in [6, 6.07) is 6.43. The Hall–Kier alpha value is -1.38. The van der Waals surface area contributed by atoms with Gasteiger partial charge in [-0.05, 0) is 41.9 Å². The van der Waals surface area contributed by atoms with E-state index in [1.54, 1.807) is 35.9 Å². The number of ether oxygens (including phenoxy) is 1. The van der Waals surface area contributed by atoms with Gasteiger partial charge in [0.1, 0.15) is 28.4 Å². The molecule has 0 aliphatic heterocycles. The van der Waals surface area contributed by atoms with Crippen molar-refractivity contribution < 1.29 is 61.3 Å². The maximum Gasteiger partial charge on any atom is 1.00 e. The minimum atomic E-state index is -4.38. The van der Waals surface area contributed by atoms with Crippen molar-refractivity contribution in [3.63, 3.8) is 0 Å². The van der Waals surface area contributed by atoms with Crippen LogP contribution >= 0.6 is 22.7 Å². The largest absolute Gasteiger partial charge is 1.00 e. The molecule has 0 saturated carbocycles. The van der Waals surface area contributed by atoms with Crippen LogP contribution in [-0.4, -0.2) is 56.5 Å². The summed E-state index contributed by atoms with van der Waals surface area (Å²) in [6.45, 7) is -0.878. The molecule has 0 aromatic carbocycles. The van der Waals surface area contributed by atoms with E-state index in [1.165, 1.54) is 28.7 Å². The molecule has 0 unspecified atom stereocenters. The van der Waals surface area contributed by atoms with E-state index in [1.807, 2.05) is 0 Å². The molecule has 4 aromatic rings. The summed E-state index contributed by atoms with van der Waals surface area (Å²) < 4.78 is 81.2. The number of aliphatic hydroxyl groups is 1. The summed E-state index contributed by atoms with van der Waals surface area (Å²) in [7, 11) is 0. The van der Waals surface area contributed by atoms with Gasteiger partial charge in [-0.2, -0.15) is 26.3 Å². The third-order valence-corrected chi connectivity index (χ3v) is 6.31. The quantitative estimate of drug-likeness (QED) is 0.236. The van der Waals surface area contributed by atoms with E-state index < -0.39 is 31.4 Å². The fraction of sp³-hybridized carbons (Fsp3) is 0.350. The molecule has 15 heteroatoms. The van der Waals surface area contributed by atoms with E-state index in [2.05, 4.69) is 0 Å². The Morgan fingerprint density at radius 3 is 1.94 bits per heavy atom. The first kappa shape index (κ1) is 31.6. The molecule has 0 aliphatic rings. The van der Waals surface area contributed by atoms with Crippen LogP contribution in [0.5, 0.6) is 0 Å². The average molecular weight is 550 g/mol. The number of aliphatic hydroxyl groups excluding tert-OH is 1. The molecule has 0 atom stereocenters. The van der Waals surface area contributed by atoms with Gasteiger partial charge in [-0.3, -0.25) is 0 Å². The molecule has 0 radical (unpaired) electrons. The summed E-state index contributed by atoms with van der Waals surface area (Å²) in [4.78, 5) is 12.6. The molecule has 188 valence electrons. The maximum atomic E-state index is 12.5. The molecule has 5 nitrogen and oxygen atoms in total. The van der Waals surface area contributed by atoms with Gasteiger partial charge in [-0.1, -0.05) is 0 Å². The number of carbonyl (C=O) groups excluding carboxylic acids is 1. The molecule has 35 heavy (non-hydrogen) atoms. The fourth-order valence-corrected chi connectivity index (χ4v) is 5.01. The van der Waals surface area contributed by atoms with Crippen LogP contribution < -0.4 is 18.9 Å². The van der Waals surface area contributed by atoms with Crippen molar-refractivity contribution in [2.24, 2.45) is 0 Å². The van der Waals surface area contributed by atoms with Gasteiger partial charge in [0.25, 0.3) is 0 Å². The van der Waals surface area contributed by atoms with Gasteiger partial charge in [-0.25, -0.2) is 4.79 Å². The first-order valence-electron chi connectivity index (χ1n) is 9.47. The predicted molar refractivity (Wildman–Crippen MR) is 125 cm³/mol. The summed E-state index contributed by atoms with van der Waals surface area (Å²) in [5.41, 5.74) is 0.241. The van der Waals surface area contributed by atoms with Crippen LogP contribution in [-0.2, 0) is 24.4 Å². The van der Waals surface area contributed by atoms with E-state index in [-0.39, 0.29) is 56.6 Å². The Morgan fingerprint density at radius 2 is 1.46 bits per heavy atom. The maximum absolute atomic E-state index is 12.5. The number of carbonyl (C=O) groups is 1. The normalized spacial score (nSPS) is 11.5. The average Bonchev–Trinajstić information content (AvgIpc) is 3.44. The fourth-order valence-electron chi connectivity index (χ4n) is 3.20.